The van der Waals surface area contributed by atoms with Crippen LogP contribution in [0.3, 0.4) is 0 Å². The highest BCUT2D eigenvalue weighted by Gasteiger charge is 2.32. The summed E-state index contributed by atoms with van der Waals surface area (Å²) in [7, 11) is 0. The lowest BCUT2D eigenvalue weighted by Crippen LogP contribution is -2.57. The number of hydrogen-bond acceptors (Lipinski definition) is 3. The molecule has 0 aliphatic heterocycles. The Kier molecular flexibility index (Phi) is 15.1. The van der Waals surface area contributed by atoms with Crippen molar-refractivity contribution in [1.29, 1.82) is 0 Å². The Morgan fingerprint density at radius 2 is 0.341 bits per heavy atom. The molecule has 12 rings (SSSR count). The second-order valence-electron chi connectivity index (χ2n) is 21.7. The van der Waals surface area contributed by atoms with Crippen LogP contribution in [-0.4, -0.2) is 6.71 Å². The van der Waals surface area contributed by atoms with Crippen molar-refractivity contribution in [3.8, 4) is 33.4 Å². The van der Waals surface area contributed by atoms with Crippen molar-refractivity contribution in [2.24, 2.45) is 0 Å². The summed E-state index contributed by atoms with van der Waals surface area (Å²) in [5, 5.41) is 0. The van der Waals surface area contributed by atoms with E-state index < -0.39 is 0 Å². The van der Waals surface area contributed by atoms with E-state index in [1.54, 1.807) is 0 Å². The number of aryl methyl sites for hydroxylation is 6. The molecule has 0 aliphatic rings. The van der Waals surface area contributed by atoms with Gasteiger partial charge in [0.2, 0.25) is 6.71 Å². The summed E-state index contributed by atoms with van der Waals surface area (Å²) in [4.78, 5) is 6.96. The van der Waals surface area contributed by atoms with Crippen LogP contribution in [0.15, 0.2) is 291 Å². The summed E-state index contributed by atoms with van der Waals surface area (Å²) in [6.45, 7) is 13.9. The van der Waals surface area contributed by atoms with Crippen LogP contribution in [0.2, 0.25) is 0 Å². The molecule has 0 radical (unpaired) electrons. The maximum atomic E-state index is 2.42. The van der Waals surface area contributed by atoms with Gasteiger partial charge in [-0.2, -0.15) is 0 Å². The second-order valence-corrected chi connectivity index (χ2v) is 21.7. The molecular formula is C78H66BN3. The fraction of sp³-hybridized carbons (Fsp3) is 0.0769. The largest absolute Gasteiger partial charge is 0.311 e. The minimum atomic E-state index is -0.0230. The first-order valence-electron chi connectivity index (χ1n) is 28.5. The molecule has 4 heteroatoms. The zero-order valence-electron chi connectivity index (χ0n) is 47.6. The van der Waals surface area contributed by atoms with E-state index in [0.29, 0.717) is 0 Å². The first-order valence-corrected chi connectivity index (χ1v) is 28.5. The molecule has 396 valence electrons. The number of hydrogen-bond donors (Lipinski definition) is 0. The molecule has 82 heavy (non-hydrogen) atoms. The molecule has 0 fully saturated rings. The third kappa shape index (κ3) is 10.8. The van der Waals surface area contributed by atoms with Gasteiger partial charge in [0.05, 0.1) is 0 Å². The van der Waals surface area contributed by atoms with Gasteiger partial charge in [-0.25, -0.2) is 0 Å². The first kappa shape index (κ1) is 52.8. The van der Waals surface area contributed by atoms with Crippen LogP contribution in [0, 0.1) is 41.5 Å². The van der Waals surface area contributed by atoms with Crippen molar-refractivity contribution in [2.75, 3.05) is 14.7 Å². The number of para-hydroxylation sites is 6. The molecule has 0 bridgehead atoms. The lowest BCUT2D eigenvalue weighted by atomic mass is 9.33. The number of nitrogens with zero attached hydrogens (tertiary/aromatic N) is 3. The Balaban J connectivity index is 0.932. The Bertz CT molecular complexity index is 3490. The molecule has 0 aromatic heterocycles. The van der Waals surface area contributed by atoms with Gasteiger partial charge in [0.25, 0.3) is 0 Å². The monoisotopic (exact) mass is 1060 g/mol. The zero-order valence-corrected chi connectivity index (χ0v) is 47.6. The van der Waals surface area contributed by atoms with Gasteiger partial charge in [-0.05, 0) is 184 Å². The molecule has 0 N–H and O–H groups in total. The van der Waals surface area contributed by atoms with E-state index in [1.807, 2.05) is 0 Å². The molecule has 0 heterocycles. The topological polar surface area (TPSA) is 9.72 Å². The van der Waals surface area contributed by atoms with E-state index in [1.165, 1.54) is 83.1 Å². The van der Waals surface area contributed by atoms with Crippen molar-refractivity contribution in [3.63, 3.8) is 0 Å². The number of anilines is 9. The maximum absolute atomic E-state index is 2.42. The van der Waals surface area contributed by atoms with Crippen LogP contribution in [0.25, 0.3) is 33.4 Å². The van der Waals surface area contributed by atoms with Gasteiger partial charge in [0.15, 0.2) is 0 Å². The summed E-state index contributed by atoms with van der Waals surface area (Å²) < 4.78 is 0. The van der Waals surface area contributed by atoms with Gasteiger partial charge in [-0.15, -0.1) is 0 Å². The third-order valence-corrected chi connectivity index (χ3v) is 16.1. The SMILES string of the molecule is Cc1cc(-c2ccc(N(c3ccccc3)c3ccccc3)cc2)cc(C)c1B(c1c(C)cc(-c2ccc(N(c3ccccc3)c3ccccc3)cc2)cc1C)c1c(C)cc(-c2ccc(N(c3ccccc3)c3ccccc3)cc2)cc1C. The Hall–Kier alpha value is -9.90. The smallest absolute Gasteiger partial charge is 0.243 e. The highest BCUT2D eigenvalue weighted by atomic mass is 15.2. The second kappa shape index (κ2) is 23.4. The van der Waals surface area contributed by atoms with E-state index in [2.05, 4.69) is 347 Å². The van der Waals surface area contributed by atoms with E-state index in [4.69, 9.17) is 0 Å². The first-order chi connectivity index (χ1) is 40.2. The zero-order chi connectivity index (χ0) is 56.1. The molecule has 0 aliphatic carbocycles. The third-order valence-electron chi connectivity index (χ3n) is 16.1. The van der Waals surface area contributed by atoms with Gasteiger partial charge in [-0.3, -0.25) is 0 Å². The average molecular weight is 1060 g/mol. The highest BCUT2D eigenvalue weighted by Crippen LogP contribution is 2.39. The molecule has 0 spiro atoms. The quantitative estimate of drug-likeness (QED) is 0.0948. The molecule has 12 aromatic carbocycles. The normalized spacial score (nSPS) is 11.0. The van der Waals surface area contributed by atoms with E-state index >= 15 is 0 Å². The lowest BCUT2D eigenvalue weighted by molar-refractivity contribution is 1.28. The van der Waals surface area contributed by atoms with Crippen LogP contribution in [0.5, 0.6) is 0 Å². The average Bonchev–Trinajstić information content (AvgIpc) is 3.61. The van der Waals surface area contributed by atoms with E-state index in [9.17, 15) is 0 Å². The number of rotatable bonds is 15. The van der Waals surface area contributed by atoms with Gasteiger partial charge >= 0.3 is 0 Å². The summed E-state index contributed by atoms with van der Waals surface area (Å²) in [6, 6.07) is 105. The molecular weight excluding hydrogens is 990 g/mol. The fourth-order valence-corrected chi connectivity index (χ4v) is 12.4. The lowest BCUT2D eigenvalue weighted by Gasteiger charge is -2.28. The predicted molar refractivity (Wildman–Crippen MR) is 353 cm³/mol. The maximum Gasteiger partial charge on any atom is 0.243 e. The van der Waals surface area contributed by atoms with Crippen molar-refractivity contribution >= 4 is 74.3 Å². The summed E-state index contributed by atoms with van der Waals surface area (Å²) in [5.41, 5.74) is 29.0. The molecule has 12 aromatic rings. The molecule has 0 saturated carbocycles. The van der Waals surface area contributed by atoms with Crippen molar-refractivity contribution < 1.29 is 0 Å². The van der Waals surface area contributed by atoms with Crippen LogP contribution < -0.4 is 31.1 Å². The summed E-state index contributed by atoms with van der Waals surface area (Å²) >= 11 is 0. The number of benzene rings is 12. The van der Waals surface area contributed by atoms with Gasteiger partial charge in [0, 0.05) is 51.2 Å². The van der Waals surface area contributed by atoms with Gasteiger partial charge in [-0.1, -0.05) is 232 Å². The van der Waals surface area contributed by atoms with Crippen molar-refractivity contribution in [1.82, 2.24) is 0 Å². The van der Waals surface area contributed by atoms with Crippen molar-refractivity contribution in [3.05, 3.63) is 325 Å². The Morgan fingerprint density at radius 1 is 0.183 bits per heavy atom. The van der Waals surface area contributed by atoms with Gasteiger partial charge < -0.3 is 14.7 Å². The minimum absolute atomic E-state index is 0.0230. The summed E-state index contributed by atoms with van der Waals surface area (Å²) in [6.07, 6.45) is 0. The minimum Gasteiger partial charge on any atom is -0.311 e. The van der Waals surface area contributed by atoms with Crippen LogP contribution >= 0.6 is 0 Å². The van der Waals surface area contributed by atoms with Gasteiger partial charge in [0.1, 0.15) is 0 Å². The van der Waals surface area contributed by atoms with Crippen LogP contribution in [0.4, 0.5) is 51.2 Å². The fourth-order valence-electron chi connectivity index (χ4n) is 12.4. The standard InChI is InChI=1S/C78H66BN3/c1-55-49-64(61-37-43-73(44-38-61)80(67-25-13-7-14-26-67)68-27-15-8-16-28-68)50-56(2)76(55)79(77-57(3)51-65(52-58(77)4)62-39-45-74(46-40-62)81(69-29-17-9-18-30-69)70-31-19-10-20-32-70)78-59(5)53-66(54-60(78)6)63-41-47-75(48-42-63)82(71-33-21-11-22-34-71)72-35-23-12-24-36-72/h7-54H,1-6H3. The predicted octanol–water partition coefficient (Wildman–Crippen LogP) is 19.5. The molecule has 0 saturated heterocycles. The van der Waals surface area contributed by atoms with E-state index in [0.717, 1.165) is 51.2 Å². The Labute approximate surface area is 485 Å². The Morgan fingerprint density at radius 3 is 0.512 bits per heavy atom. The molecule has 0 amide bonds. The molecule has 0 atom stereocenters. The summed E-state index contributed by atoms with van der Waals surface area (Å²) in [5.74, 6) is 0. The van der Waals surface area contributed by atoms with Crippen molar-refractivity contribution in [2.45, 2.75) is 41.5 Å². The highest BCUT2D eigenvalue weighted by molar-refractivity contribution is 6.97. The van der Waals surface area contributed by atoms with Crippen LogP contribution in [0.1, 0.15) is 33.4 Å². The van der Waals surface area contributed by atoms with E-state index in [-0.39, 0.29) is 6.71 Å². The molecule has 3 nitrogen and oxygen atoms in total. The molecule has 0 unspecified atom stereocenters. The van der Waals surface area contributed by atoms with Crippen LogP contribution in [-0.2, 0) is 0 Å².